The van der Waals surface area contributed by atoms with E-state index in [1.165, 1.54) is 38.3 Å². The zero-order valence-corrected chi connectivity index (χ0v) is 21.4. The van der Waals surface area contributed by atoms with E-state index in [2.05, 4.69) is 0 Å². The summed E-state index contributed by atoms with van der Waals surface area (Å²) >= 11 is 0. The largest absolute Gasteiger partial charge is 0.507 e. The van der Waals surface area contributed by atoms with Crippen molar-refractivity contribution in [1.82, 2.24) is 0 Å². The minimum Gasteiger partial charge on any atom is -0.507 e. The molecule has 10 atom stereocenters. The van der Waals surface area contributed by atoms with Crippen LogP contribution in [-0.4, -0.2) is 97.2 Å². The first-order chi connectivity index (χ1) is 19.0. The van der Waals surface area contributed by atoms with Crippen LogP contribution in [0.3, 0.4) is 0 Å². The second-order valence-electron chi connectivity index (χ2n) is 9.92. The number of fused-ring (bicyclic) bond motifs is 1. The molecule has 1 aromatic heterocycles. The topological polar surface area (TPSA) is 209 Å². The quantitative estimate of drug-likeness (QED) is 0.211. The Morgan fingerprint density at radius 2 is 1.23 bits per heavy atom. The molecule has 0 aliphatic carbocycles. The van der Waals surface area contributed by atoms with Gasteiger partial charge in [-0.2, -0.15) is 0 Å². The number of rotatable bonds is 5. The number of hydrogen-bond acceptors (Lipinski definition) is 13. The van der Waals surface area contributed by atoms with Crippen molar-refractivity contribution in [3.63, 3.8) is 0 Å². The van der Waals surface area contributed by atoms with Crippen LogP contribution in [0.4, 0.5) is 0 Å². The number of phenols is 1. The predicted molar refractivity (Wildman–Crippen MR) is 136 cm³/mol. The molecule has 40 heavy (non-hydrogen) atoms. The van der Waals surface area contributed by atoms with Crippen molar-refractivity contribution >= 4 is 11.0 Å². The van der Waals surface area contributed by atoms with Crippen LogP contribution < -0.4 is 14.9 Å². The summed E-state index contributed by atoms with van der Waals surface area (Å²) in [6.07, 6.45) is -11.6. The summed E-state index contributed by atoms with van der Waals surface area (Å²) in [4.78, 5) is 13.3. The summed E-state index contributed by atoms with van der Waals surface area (Å²) < 4.78 is 27.6. The van der Waals surface area contributed by atoms with Crippen molar-refractivity contribution in [1.29, 1.82) is 0 Å². The maximum atomic E-state index is 13.3. The van der Waals surface area contributed by atoms with Crippen LogP contribution in [0.1, 0.15) is 13.8 Å². The Labute approximate surface area is 227 Å². The van der Waals surface area contributed by atoms with Crippen molar-refractivity contribution in [2.24, 2.45) is 0 Å². The first kappa shape index (κ1) is 28.3. The van der Waals surface area contributed by atoms with Crippen molar-refractivity contribution in [3.05, 3.63) is 52.9 Å². The van der Waals surface area contributed by atoms with Crippen LogP contribution in [0.15, 0.2) is 51.9 Å². The van der Waals surface area contributed by atoms with E-state index in [1.54, 1.807) is 12.1 Å². The van der Waals surface area contributed by atoms with Crippen molar-refractivity contribution in [2.45, 2.75) is 75.3 Å². The van der Waals surface area contributed by atoms with Gasteiger partial charge in [-0.05, 0) is 31.5 Å². The van der Waals surface area contributed by atoms with Gasteiger partial charge in [-0.1, -0.05) is 12.1 Å². The summed E-state index contributed by atoms with van der Waals surface area (Å²) in [6, 6.07) is 8.58. The van der Waals surface area contributed by atoms with Crippen LogP contribution in [0.25, 0.3) is 22.1 Å². The molecule has 0 radical (unpaired) electrons. The highest BCUT2D eigenvalue weighted by Crippen LogP contribution is 2.33. The Morgan fingerprint density at radius 1 is 0.700 bits per heavy atom. The molecule has 0 amide bonds. The molecule has 2 aliphatic heterocycles. The Kier molecular flexibility index (Phi) is 7.74. The Hall–Kier alpha value is -3.27. The lowest BCUT2D eigenvalue weighted by atomic mass is 10.00. The number of ether oxygens (including phenoxy) is 4. The van der Waals surface area contributed by atoms with Crippen LogP contribution in [0.5, 0.6) is 17.2 Å². The predicted octanol–water partition coefficient (Wildman–Crippen LogP) is -0.422. The number of aromatic hydroxyl groups is 1. The maximum absolute atomic E-state index is 13.3. The van der Waals surface area contributed by atoms with Gasteiger partial charge in [0.25, 0.3) is 0 Å². The zero-order valence-electron chi connectivity index (χ0n) is 21.4. The standard InChI is InChI=1S/C27H30O13/c1-10-19(29)22(32)24(34)26(37-10)39-13-5-3-12(4-6-13)15-9-36-17-8-14(7-16(28)18(17)21(15)31)40-27-25(35)23(33)20(30)11(2)38-27/h3-11,19-20,22-30,32-35H,1-2H3/t10-,11-,19-,20-,22+,23+,24+,25+,26+,27+/m0/s1. The fourth-order valence-corrected chi connectivity index (χ4v) is 4.68. The van der Waals surface area contributed by atoms with Gasteiger partial charge in [-0.25, -0.2) is 0 Å². The smallest absolute Gasteiger partial charge is 0.229 e. The molecular weight excluding hydrogens is 532 g/mol. The molecule has 13 nitrogen and oxygen atoms in total. The highest BCUT2D eigenvalue weighted by molar-refractivity contribution is 5.88. The van der Waals surface area contributed by atoms with E-state index in [4.69, 9.17) is 23.4 Å². The van der Waals surface area contributed by atoms with Gasteiger partial charge in [0.15, 0.2) is 0 Å². The van der Waals surface area contributed by atoms with E-state index < -0.39 is 72.6 Å². The molecule has 2 fully saturated rings. The van der Waals surface area contributed by atoms with Crippen LogP contribution >= 0.6 is 0 Å². The van der Waals surface area contributed by atoms with E-state index in [0.29, 0.717) is 5.56 Å². The molecule has 5 rings (SSSR count). The third-order valence-corrected chi connectivity index (χ3v) is 7.12. The maximum Gasteiger partial charge on any atom is 0.229 e. The Morgan fingerprint density at radius 3 is 1.77 bits per heavy atom. The minimum absolute atomic E-state index is 0.0127. The summed E-state index contributed by atoms with van der Waals surface area (Å²) in [6.45, 7) is 3.03. The lowest BCUT2D eigenvalue weighted by molar-refractivity contribution is -0.268. The molecule has 13 heteroatoms. The van der Waals surface area contributed by atoms with Gasteiger partial charge < -0.3 is 59.1 Å². The van der Waals surface area contributed by atoms with Gasteiger partial charge in [-0.3, -0.25) is 4.79 Å². The van der Waals surface area contributed by atoms with Gasteiger partial charge in [0, 0.05) is 12.1 Å². The van der Waals surface area contributed by atoms with E-state index in [9.17, 15) is 40.5 Å². The lowest BCUT2D eigenvalue weighted by Gasteiger charge is -2.38. The van der Waals surface area contributed by atoms with E-state index in [1.807, 2.05) is 0 Å². The van der Waals surface area contributed by atoms with Crippen LogP contribution in [-0.2, 0) is 9.47 Å². The van der Waals surface area contributed by atoms with Crippen molar-refractivity contribution < 1.29 is 59.1 Å². The molecule has 2 saturated heterocycles. The molecule has 3 aromatic rings. The van der Waals surface area contributed by atoms with Gasteiger partial charge in [-0.15, -0.1) is 0 Å². The van der Waals surface area contributed by atoms with Gasteiger partial charge >= 0.3 is 0 Å². The molecule has 2 aromatic carbocycles. The lowest BCUT2D eigenvalue weighted by Crippen LogP contribution is -2.58. The van der Waals surface area contributed by atoms with Gasteiger partial charge in [0.2, 0.25) is 18.0 Å². The highest BCUT2D eigenvalue weighted by Gasteiger charge is 2.44. The third-order valence-electron chi connectivity index (χ3n) is 7.12. The van der Waals surface area contributed by atoms with Crippen molar-refractivity contribution in [3.8, 4) is 28.4 Å². The molecule has 0 saturated carbocycles. The number of aliphatic hydroxyl groups excluding tert-OH is 6. The van der Waals surface area contributed by atoms with E-state index in [0.717, 1.165) is 6.07 Å². The molecule has 3 heterocycles. The first-order valence-electron chi connectivity index (χ1n) is 12.6. The van der Waals surface area contributed by atoms with Crippen LogP contribution in [0.2, 0.25) is 0 Å². The Balaban J connectivity index is 1.35. The van der Waals surface area contributed by atoms with E-state index in [-0.39, 0.29) is 28.0 Å². The number of aliphatic hydroxyl groups is 6. The molecule has 0 unspecified atom stereocenters. The number of hydrogen-bond donors (Lipinski definition) is 7. The zero-order chi connectivity index (χ0) is 28.9. The van der Waals surface area contributed by atoms with Gasteiger partial charge in [0.05, 0.1) is 17.8 Å². The summed E-state index contributed by atoms with van der Waals surface area (Å²) in [5.74, 6) is -0.209. The fraction of sp³-hybridized carbons (Fsp3) is 0.444. The van der Waals surface area contributed by atoms with Crippen molar-refractivity contribution in [2.75, 3.05) is 0 Å². The van der Waals surface area contributed by atoms with Gasteiger partial charge in [0.1, 0.15) is 71.1 Å². The summed E-state index contributed by atoms with van der Waals surface area (Å²) in [5, 5.41) is 70.5. The molecule has 7 N–H and O–H groups in total. The molecule has 2 aliphatic rings. The first-order valence-corrected chi connectivity index (χ1v) is 12.6. The average molecular weight is 563 g/mol. The minimum atomic E-state index is -1.57. The molecule has 0 bridgehead atoms. The molecular formula is C27H30O13. The third kappa shape index (κ3) is 5.13. The normalized spacial score (nSPS) is 34.5. The van der Waals surface area contributed by atoms with E-state index >= 15 is 0 Å². The number of benzene rings is 2. The highest BCUT2D eigenvalue weighted by atomic mass is 16.7. The second-order valence-corrected chi connectivity index (χ2v) is 9.92. The summed E-state index contributed by atoms with van der Waals surface area (Å²) in [7, 11) is 0. The number of phenolic OH excluding ortho intramolecular Hbond substituents is 1. The summed E-state index contributed by atoms with van der Waals surface area (Å²) in [5.41, 5.74) is -0.00368. The SMILES string of the molecule is C[C@@H]1O[C@H](Oc2ccc(-c3coc4cc(O[C@H]5O[C@@H](C)[C@H](O)[C@@H](O)[C@H]5O)cc(O)c4c3=O)cc2)[C@H](O)[C@H](O)[C@H]1O. The second kappa shape index (κ2) is 11.0. The average Bonchev–Trinajstić information content (AvgIpc) is 2.93. The monoisotopic (exact) mass is 562 g/mol. The molecule has 0 spiro atoms. The Bertz CT molecular complexity index is 1410. The fourth-order valence-electron chi connectivity index (χ4n) is 4.68. The van der Waals surface area contributed by atoms with Crippen LogP contribution in [0, 0.1) is 0 Å². The molecule has 216 valence electrons.